The lowest BCUT2D eigenvalue weighted by Crippen LogP contribution is -2.44. The topological polar surface area (TPSA) is 67.4 Å². The van der Waals surface area contributed by atoms with Crippen molar-refractivity contribution >= 4 is 23.4 Å². The van der Waals surface area contributed by atoms with Crippen LogP contribution in [0.2, 0.25) is 5.02 Å². The molecule has 1 aromatic rings. The van der Waals surface area contributed by atoms with Crippen LogP contribution in [0, 0.1) is 5.41 Å². The molecule has 1 aliphatic carbocycles. The SMILES string of the molecule is COCCNC(=O)C1(C(=O)NCCc2ccc(Cl)cc2)CC1. The fourth-order valence-electron chi connectivity index (χ4n) is 2.26. The molecule has 22 heavy (non-hydrogen) atoms. The van der Waals surface area contributed by atoms with Crippen LogP contribution < -0.4 is 10.6 Å². The smallest absolute Gasteiger partial charge is 0.235 e. The molecule has 0 heterocycles. The lowest BCUT2D eigenvalue weighted by atomic mass is 10.0. The molecule has 0 saturated heterocycles. The van der Waals surface area contributed by atoms with Crippen LogP contribution in [-0.2, 0) is 20.7 Å². The van der Waals surface area contributed by atoms with E-state index in [-0.39, 0.29) is 11.8 Å². The maximum atomic E-state index is 12.2. The lowest BCUT2D eigenvalue weighted by Gasteiger charge is -2.15. The first kappa shape index (κ1) is 16.8. The molecule has 1 aromatic carbocycles. The van der Waals surface area contributed by atoms with Gasteiger partial charge in [0.25, 0.3) is 0 Å². The van der Waals surface area contributed by atoms with Crippen molar-refractivity contribution in [2.75, 3.05) is 26.8 Å². The number of hydrogen-bond acceptors (Lipinski definition) is 3. The maximum absolute atomic E-state index is 12.2. The molecule has 1 saturated carbocycles. The summed E-state index contributed by atoms with van der Waals surface area (Å²) in [5.74, 6) is -0.384. The van der Waals surface area contributed by atoms with E-state index < -0.39 is 5.41 Å². The number of methoxy groups -OCH3 is 1. The number of carbonyl (C=O) groups is 2. The molecule has 0 radical (unpaired) electrons. The van der Waals surface area contributed by atoms with Gasteiger partial charge in [0.05, 0.1) is 6.61 Å². The van der Waals surface area contributed by atoms with Crippen LogP contribution in [0.15, 0.2) is 24.3 Å². The second-order valence-corrected chi connectivity index (χ2v) is 5.90. The van der Waals surface area contributed by atoms with Gasteiger partial charge in [-0.15, -0.1) is 0 Å². The highest BCUT2D eigenvalue weighted by atomic mass is 35.5. The van der Waals surface area contributed by atoms with E-state index in [1.807, 2.05) is 24.3 Å². The minimum absolute atomic E-state index is 0.184. The Balaban J connectivity index is 1.76. The van der Waals surface area contributed by atoms with E-state index >= 15 is 0 Å². The second-order valence-electron chi connectivity index (χ2n) is 5.46. The molecule has 120 valence electrons. The van der Waals surface area contributed by atoms with Crippen LogP contribution >= 0.6 is 11.6 Å². The molecule has 5 nitrogen and oxygen atoms in total. The Morgan fingerprint density at radius 1 is 1.14 bits per heavy atom. The molecule has 2 N–H and O–H groups in total. The Morgan fingerprint density at radius 3 is 2.27 bits per heavy atom. The van der Waals surface area contributed by atoms with Crippen molar-refractivity contribution in [3.05, 3.63) is 34.9 Å². The van der Waals surface area contributed by atoms with Crippen molar-refractivity contribution < 1.29 is 14.3 Å². The first-order valence-electron chi connectivity index (χ1n) is 7.38. The molecule has 6 heteroatoms. The fourth-order valence-corrected chi connectivity index (χ4v) is 2.38. The first-order chi connectivity index (χ1) is 10.6. The van der Waals surface area contributed by atoms with E-state index in [2.05, 4.69) is 10.6 Å². The van der Waals surface area contributed by atoms with Crippen molar-refractivity contribution in [2.45, 2.75) is 19.3 Å². The number of benzene rings is 1. The minimum atomic E-state index is -0.867. The maximum Gasteiger partial charge on any atom is 0.235 e. The molecular weight excluding hydrogens is 304 g/mol. The highest BCUT2D eigenvalue weighted by molar-refractivity contribution is 6.30. The van der Waals surface area contributed by atoms with Gasteiger partial charge in [-0.25, -0.2) is 0 Å². The van der Waals surface area contributed by atoms with Crippen LogP contribution in [0.1, 0.15) is 18.4 Å². The number of halogens is 1. The van der Waals surface area contributed by atoms with Gasteiger partial charge in [-0.3, -0.25) is 9.59 Å². The summed E-state index contributed by atoms with van der Waals surface area (Å²) < 4.78 is 4.88. The number of amides is 2. The minimum Gasteiger partial charge on any atom is -0.383 e. The molecule has 0 unspecified atom stereocenters. The van der Waals surface area contributed by atoms with Crippen molar-refractivity contribution in [2.24, 2.45) is 5.41 Å². The second kappa shape index (κ2) is 7.61. The Bertz CT molecular complexity index is 527. The summed E-state index contributed by atoms with van der Waals surface area (Å²) >= 11 is 5.83. The third kappa shape index (κ3) is 4.21. The molecular formula is C16H21ClN2O3. The molecule has 0 bridgehead atoms. The summed E-state index contributed by atoms with van der Waals surface area (Å²) in [6.45, 7) is 1.38. The van der Waals surface area contributed by atoms with Gasteiger partial charge in [0.15, 0.2) is 0 Å². The van der Waals surface area contributed by atoms with Crippen molar-refractivity contribution in [3.63, 3.8) is 0 Å². The van der Waals surface area contributed by atoms with Crippen molar-refractivity contribution in [1.29, 1.82) is 0 Å². The van der Waals surface area contributed by atoms with Crippen LogP contribution in [0.3, 0.4) is 0 Å². The predicted octanol–water partition coefficient (Wildman–Crippen LogP) is 1.54. The van der Waals surface area contributed by atoms with Crippen LogP contribution in [0.4, 0.5) is 0 Å². The Kier molecular flexibility index (Phi) is 5.80. The van der Waals surface area contributed by atoms with Gasteiger partial charge in [0.2, 0.25) is 11.8 Å². The van der Waals surface area contributed by atoms with Crippen LogP contribution in [0.5, 0.6) is 0 Å². The van der Waals surface area contributed by atoms with Gasteiger partial charge in [-0.1, -0.05) is 23.7 Å². The number of ether oxygens (including phenoxy) is 1. The monoisotopic (exact) mass is 324 g/mol. The highest BCUT2D eigenvalue weighted by Gasteiger charge is 2.56. The van der Waals surface area contributed by atoms with E-state index in [1.165, 1.54) is 0 Å². The number of rotatable bonds is 8. The average Bonchev–Trinajstić information content (AvgIpc) is 3.31. The van der Waals surface area contributed by atoms with Crippen molar-refractivity contribution in [3.8, 4) is 0 Å². The number of nitrogens with one attached hydrogen (secondary N) is 2. The van der Waals surface area contributed by atoms with Gasteiger partial charge in [-0.2, -0.15) is 0 Å². The fraction of sp³-hybridized carbons (Fsp3) is 0.500. The Morgan fingerprint density at radius 2 is 1.73 bits per heavy atom. The normalized spacial score (nSPS) is 15.2. The number of hydrogen-bond donors (Lipinski definition) is 2. The zero-order chi connectivity index (χ0) is 16.0. The van der Waals surface area contributed by atoms with Crippen molar-refractivity contribution in [1.82, 2.24) is 10.6 Å². The third-order valence-corrected chi connectivity index (χ3v) is 4.08. The zero-order valence-electron chi connectivity index (χ0n) is 12.7. The third-order valence-electron chi connectivity index (χ3n) is 3.82. The highest BCUT2D eigenvalue weighted by Crippen LogP contribution is 2.46. The number of carbonyl (C=O) groups excluding carboxylic acids is 2. The summed E-state index contributed by atoms with van der Waals surface area (Å²) in [7, 11) is 1.57. The molecule has 1 fully saturated rings. The standard InChI is InChI=1S/C16H21ClN2O3/c1-22-11-10-19-15(21)16(7-8-16)14(20)18-9-6-12-2-4-13(17)5-3-12/h2-5H,6-11H2,1H3,(H,18,20)(H,19,21). The van der Waals surface area contributed by atoms with E-state index in [0.717, 1.165) is 5.56 Å². The average molecular weight is 325 g/mol. The predicted molar refractivity (Wildman–Crippen MR) is 84.7 cm³/mol. The molecule has 0 aromatic heterocycles. The summed E-state index contributed by atoms with van der Waals surface area (Å²) in [6.07, 6.45) is 1.93. The van der Waals surface area contributed by atoms with E-state index in [9.17, 15) is 9.59 Å². The van der Waals surface area contributed by atoms with Crippen LogP contribution in [0.25, 0.3) is 0 Å². The van der Waals surface area contributed by atoms with Gasteiger partial charge < -0.3 is 15.4 Å². The summed E-state index contributed by atoms with van der Waals surface area (Å²) in [6, 6.07) is 7.51. The molecule has 2 amide bonds. The molecule has 2 rings (SSSR count). The molecule has 0 aliphatic heterocycles. The lowest BCUT2D eigenvalue weighted by molar-refractivity contribution is -0.137. The van der Waals surface area contributed by atoms with Crippen LogP contribution in [-0.4, -0.2) is 38.6 Å². The van der Waals surface area contributed by atoms with E-state index in [0.29, 0.717) is 44.0 Å². The largest absolute Gasteiger partial charge is 0.383 e. The zero-order valence-corrected chi connectivity index (χ0v) is 13.4. The summed E-state index contributed by atoms with van der Waals surface area (Å²) in [5, 5.41) is 6.29. The molecule has 0 atom stereocenters. The van der Waals surface area contributed by atoms with Gasteiger partial charge in [-0.05, 0) is 37.0 Å². The van der Waals surface area contributed by atoms with Gasteiger partial charge in [0, 0.05) is 25.2 Å². The van der Waals surface area contributed by atoms with Gasteiger partial charge in [0.1, 0.15) is 5.41 Å². The Hall–Kier alpha value is -1.59. The first-order valence-corrected chi connectivity index (χ1v) is 7.76. The van der Waals surface area contributed by atoms with Gasteiger partial charge >= 0.3 is 0 Å². The Labute approximate surface area is 135 Å². The molecule has 1 aliphatic rings. The summed E-state index contributed by atoms with van der Waals surface area (Å²) in [4.78, 5) is 24.3. The molecule has 0 spiro atoms. The summed E-state index contributed by atoms with van der Waals surface area (Å²) in [5.41, 5.74) is 0.229. The van der Waals surface area contributed by atoms with E-state index in [4.69, 9.17) is 16.3 Å². The van der Waals surface area contributed by atoms with E-state index in [1.54, 1.807) is 7.11 Å². The quantitative estimate of drug-likeness (QED) is 0.563.